The number of aliphatic carboxylic acids is 2. The lowest BCUT2D eigenvalue weighted by Crippen LogP contribution is -2.38. The van der Waals surface area contributed by atoms with Crippen molar-refractivity contribution in [3.63, 3.8) is 0 Å². The highest BCUT2D eigenvalue weighted by Gasteiger charge is 2.39. The fourth-order valence-electron chi connectivity index (χ4n) is 4.18. The van der Waals surface area contributed by atoms with Crippen LogP contribution in [0.4, 0.5) is 36.4 Å². The average Bonchev–Trinajstić information content (AvgIpc) is 3.44. The zero-order chi connectivity index (χ0) is 39.4. The van der Waals surface area contributed by atoms with E-state index in [9.17, 15) is 45.6 Å². The van der Waals surface area contributed by atoms with E-state index in [4.69, 9.17) is 36.0 Å². The lowest BCUT2D eigenvalue weighted by molar-refractivity contribution is -0.385. The number of nitrogens with two attached hydrogens (primary N) is 2. The Bertz CT molecular complexity index is 1840. The molecule has 4 rings (SSSR count). The summed E-state index contributed by atoms with van der Waals surface area (Å²) in [6.07, 6.45) is -8.78. The molecule has 52 heavy (non-hydrogen) atoms. The Morgan fingerprint density at radius 1 is 0.962 bits per heavy atom. The number of nitro groups is 1. The van der Waals surface area contributed by atoms with E-state index in [1.165, 1.54) is 0 Å². The predicted molar refractivity (Wildman–Crippen MR) is 170 cm³/mol. The van der Waals surface area contributed by atoms with Crippen LogP contribution in [-0.2, 0) is 16.1 Å². The van der Waals surface area contributed by atoms with Crippen LogP contribution in [0.5, 0.6) is 5.75 Å². The number of nitrogens with zero attached hydrogens (tertiary/aromatic N) is 3. The Hall–Kier alpha value is -5.83. The van der Waals surface area contributed by atoms with Crippen LogP contribution >= 0.6 is 0 Å². The summed E-state index contributed by atoms with van der Waals surface area (Å²) >= 11 is 0. The molecule has 1 amide bonds. The van der Waals surface area contributed by atoms with Gasteiger partial charge in [0.2, 0.25) is 0 Å². The number of nitro benzene ring substituents is 1. The number of carbonyl (C=O) groups excluding carboxylic acids is 1. The number of imidazole rings is 1. The molecule has 14 nitrogen and oxygen atoms in total. The van der Waals surface area contributed by atoms with Gasteiger partial charge in [-0.25, -0.2) is 19.0 Å². The number of alkyl halides is 6. The van der Waals surface area contributed by atoms with E-state index in [-0.39, 0.29) is 36.2 Å². The van der Waals surface area contributed by atoms with Gasteiger partial charge in [0, 0.05) is 30.3 Å². The monoisotopic (exact) mass is 748 g/mol. The number of halogens is 7. The van der Waals surface area contributed by atoms with Crippen molar-refractivity contribution in [1.82, 2.24) is 14.9 Å². The summed E-state index contributed by atoms with van der Waals surface area (Å²) in [5, 5.41) is 28.3. The molecule has 282 valence electrons. The molecule has 7 N–H and O–H groups in total. The molecule has 0 aliphatic rings. The molecule has 21 heteroatoms. The van der Waals surface area contributed by atoms with Crippen LogP contribution in [0.2, 0.25) is 0 Å². The Morgan fingerprint density at radius 2 is 1.52 bits per heavy atom. The fraction of sp³-hybridized carbons (Fsp3) is 0.290. The molecular formula is C31H31F7N6O8. The number of amides is 1. The number of nitrogens with one attached hydrogen (secondary N) is 1. The van der Waals surface area contributed by atoms with Crippen LogP contribution in [0.3, 0.4) is 0 Å². The van der Waals surface area contributed by atoms with Crippen molar-refractivity contribution in [3.8, 4) is 16.9 Å². The molecule has 0 aliphatic heterocycles. The summed E-state index contributed by atoms with van der Waals surface area (Å²) < 4.78 is 84.9. The quantitative estimate of drug-likeness (QED) is 0.0790. The molecule has 0 fully saturated rings. The Kier molecular flexibility index (Phi) is 15.0. The van der Waals surface area contributed by atoms with Gasteiger partial charge in [-0.1, -0.05) is 18.2 Å². The SMILES string of the molecule is COc1ccc(-c2ccc3c(c2)nc(C(=O)NC[C@@H](N)CCCN)n3Cc2cc([N+](=O)[O-])ccc2F)cc1.O=C(O)C(F)(F)F.O=C(O)C(F)(F)F. The number of rotatable bonds is 11. The summed E-state index contributed by atoms with van der Waals surface area (Å²) in [4.78, 5) is 46.2. The molecule has 0 saturated carbocycles. The highest BCUT2D eigenvalue weighted by atomic mass is 19.4. The van der Waals surface area contributed by atoms with Gasteiger partial charge in [0.25, 0.3) is 11.6 Å². The van der Waals surface area contributed by atoms with Gasteiger partial charge in [-0.3, -0.25) is 14.9 Å². The molecular weight excluding hydrogens is 717 g/mol. The number of hydrogen-bond donors (Lipinski definition) is 5. The molecule has 0 spiro atoms. The van der Waals surface area contributed by atoms with Gasteiger partial charge in [-0.2, -0.15) is 26.3 Å². The van der Waals surface area contributed by atoms with E-state index in [0.29, 0.717) is 24.0 Å². The largest absolute Gasteiger partial charge is 0.497 e. The Labute approximate surface area is 288 Å². The van der Waals surface area contributed by atoms with Gasteiger partial charge in [-0.15, -0.1) is 0 Å². The second-order valence-electron chi connectivity index (χ2n) is 10.5. The van der Waals surface area contributed by atoms with Crippen LogP contribution in [0.25, 0.3) is 22.2 Å². The predicted octanol–water partition coefficient (Wildman–Crippen LogP) is 4.87. The number of fused-ring (bicyclic) bond motifs is 1. The minimum absolute atomic E-state index is 0.0452. The lowest BCUT2D eigenvalue weighted by atomic mass is 10.0. The van der Waals surface area contributed by atoms with Crippen LogP contribution < -0.4 is 21.5 Å². The number of ether oxygens (including phenoxy) is 1. The van der Waals surface area contributed by atoms with E-state index in [0.717, 1.165) is 41.5 Å². The summed E-state index contributed by atoms with van der Waals surface area (Å²) in [6.45, 7) is 0.584. The van der Waals surface area contributed by atoms with Crippen molar-refractivity contribution in [1.29, 1.82) is 0 Å². The summed E-state index contributed by atoms with van der Waals surface area (Å²) in [7, 11) is 1.59. The Balaban J connectivity index is 0.000000564. The third-order valence-corrected chi connectivity index (χ3v) is 6.73. The first-order valence-electron chi connectivity index (χ1n) is 14.6. The van der Waals surface area contributed by atoms with Gasteiger partial charge in [0.05, 0.1) is 29.6 Å². The number of carboxylic acid groups (broad SMARTS) is 2. The molecule has 0 aliphatic carbocycles. The molecule has 0 saturated heterocycles. The second kappa shape index (κ2) is 18.4. The maximum atomic E-state index is 14.7. The van der Waals surface area contributed by atoms with Crippen molar-refractivity contribution >= 4 is 34.6 Å². The van der Waals surface area contributed by atoms with Crippen molar-refractivity contribution in [2.24, 2.45) is 11.5 Å². The lowest BCUT2D eigenvalue weighted by Gasteiger charge is -2.13. The van der Waals surface area contributed by atoms with Crippen molar-refractivity contribution in [2.45, 2.75) is 37.8 Å². The zero-order valence-corrected chi connectivity index (χ0v) is 26.9. The smallest absolute Gasteiger partial charge is 0.490 e. The normalized spacial score (nSPS) is 11.7. The van der Waals surface area contributed by atoms with E-state index in [2.05, 4.69) is 10.3 Å². The standard InChI is InChI=1S/C27H29FN6O4.2C2HF3O2/c1-38-22-8-4-17(5-9-22)18-6-11-25-24(14-18)32-26(27(35)31-15-20(30)3-2-12-29)33(25)16-19-13-21(34(36)37)7-10-23(19)28;2*3-2(4,5)1(6)7/h4-11,13-14,20H,2-3,12,15-16,29-30H2,1H3,(H,31,35);2*(H,6,7)/t20-;;/m0../s1. The number of hydrogen-bond acceptors (Lipinski definition) is 9. The number of non-ortho nitro benzene ring substituents is 1. The third kappa shape index (κ3) is 12.5. The second-order valence-corrected chi connectivity index (χ2v) is 10.5. The van der Waals surface area contributed by atoms with Crippen molar-refractivity contribution in [2.75, 3.05) is 20.2 Å². The summed E-state index contributed by atoms with van der Waals surface area (Å²) in [5.74, 6) is -5.85. The van der Waals surface area contributed by atoms with Gasteiger partial charge in [0.1, 0.15) is 11.6 Å². The molecule has 0 radical (unpaired) electrons. The molecule has 0 unspecified atom stereocenters. The first-order chi connectivity index (χ1) is 24.2. The molecule has 1 atom stereocenters. The number of aromatic nitrogens is 2. The molecule has 0 bridgehead atoms. The average molecular weight is 749 g/mol. The minimum atomic E-state index is -5.08. The molecule has 1 heterocycles. The molecule has 4 aromatic rings. The van der Waals surface area contributed by atoms with Gasteiger partial charge < -0.3 is 36.3 Å². The van der Waals surface area contributed by atoms with Gasteiger partial charge >= 0.3 is 24.3 Å². The van der Waals surface area contributed by atoms with Crippen LogP contribution in [0.15, 0.2) is 60.7 Å². The zero-order valence-electron chi connectivity index (χ0n) is 26.9. The van der Waals surface area contributed by atoms with Crippen LogP contribution in [0.1, 0.15) is 29.0 Å². The van der Waals surface area contributed by atoms with Gasteiger partial charge in [-0.05, 0) is 60.8 Å². The highest BCUT2D eigenvalue weighted by Crippen LogP contribution is 2.28. The topological polar surface area (TPSA) is 226 Å². The maximum absolute atomic E-state index is 14.7. The van der Waals surface area contributed by atoms with E-state index >= 15 is 0 Å². The summed E-state index contributed by atoms with van der Waals surface area (Å²) in [5.41, 5.74) is 14.3. The van der Waals surface area contributed by atoms with Crippen LogP contribution in [0, 0.1) is 15.9 Å². The number of methoxy groups -OCH3 is 1. The Morgan fingerprint density at radius 3 is 2.02 bits per heavy atom. The van der Waals surface area contributed by atoms with Crippen molar-refractivity contribution in [3.05, 3.63) is 88.0 Å². The van der Waals surface area contributed by atoms with E-state index in [1.54, 1.807) is 17.7 Å². The maximum Gasteiger partial charge on any atom is 0.490 e. The molecule has 1 aromatic heterocycles. The fourth-order valence-corrected chi connectivity index (χ4v) is 4.18. The highest BCUT2D eigenvalue weighted by molar-refractivity contribution is 5.95. The molecule has 3 aromatic carbocycles. The van der Waals surface area contributed by atoms with Gasteiger partial charge in [0.15, 0.2) is 5.82 Å². The first-order valence-corrected chi connectivity index (χ1v) is 14.6. The number of carboxylic acids is 2. The van der Waals surface area contributed by atoms with E-state index in [1.807, 2.05) is 36.4 Å². The first kappa shape index (κ1) is 42.3. The van der Waals surface area contributed by atoms with Crippen LogP contribution in [-0.4, -0.2) is 81.1 Å². The van der Waals surface area contributed by atoms with E-state index < -0.39 is 40.9 Å². The number of carbonyl (C=O) groups is 3. The minimum Gasteiger partial charge on any atom is -0.497 e. The third-order valence-electron chi connectivity index (χ3n) is 6.73. The number of benzene rings is 3. The van der Waals surface area contributed by atoms with Crippen molar-refractivity contribution < 1.29 is 65.0 Å². The summed E-state index contributed by atoms with van der Waals surface area (Å²) in [6, 6.07) is 16.0.